The molecule has 0 radical (unpaired) electrons. The van der Waals surface area contributed by atoms with Crippen LogP contribution in [-0.4, -0.2) is 0 Å². The summed E-state index contributed by atoms with van der Waals surface area (Å²) in [6.07, 6.45) is 2.01. The third kappa shape index (κ3) is 2.66. The number of para-hydroxylation sites is 2. The van der Waals surface area contributed by atoms with Crippen molar-refractivity contribution in [3.8, 4) is 34.3 Å². The molecule has 126 valence electrons. The van der Waals surface area contributed by atoms with Gasteiger partial charge in [-0.2, -0.15) is 0 Å². The molecule has 0 saturated heterocycles. The summed E-state index contributed by atoms with van der Waals surface area (Å²) in [6.45, 7) is 5.86. The number of aromatic nitrogens is 1. The zero-order chi connectivity index (χ0) is 18.5. The van der Waals surface area contributed by atoms with Crippen molar-refractivity contribution in [3.63, 3.8) is 0 Å². The van der Waals surface area contributed by atoms with Crippen LogP contribution >= 0.6 is 0 Å². The first-order valence-corrected chi connectivity index (χ1v) is 8.43. The van der Waals surface area contributed by atoms with Gasteiger partial charge >= 0.3 is 0 Å². The van der Waals surface area contributed by atoms with Crippen LogP contribution in [0.5, 0.6) is 23.0 Å². The highest BCUT2D eigenvalue weighted by atomic mass is 16.6. The number of pyridine rings is 1. The molecule has 0 saturated carbocycles. The van der Waals surface area contributed by atoms with Gasteiger partial charge in [-0.05, 0) is 42.6 Å². The van der Waals surface area contributed by atoms with Gasteiger partial charge in [0.05, 0.1) is 5.56 Å². The topological polar surface area (TPSA) is 22.3 Å². The van der Waals surface area contributed by atoms with Gasteiger partial charge in [0.2, 0.25) is 5.69 Å². The highest BCUT2D eigenvalue weighted by Gasteiger charge is 2.27. The summed E-state index contributed by atoms with van der Waals surface area (Å²) in [7, 11) is 2.00. The molecule has 0 N–H and O–H groups in total. The average Bonchev–Trinajstić information content (AvgIpc) is 2.60. The maximum absolute atomic E-state index is 8.26. The van der Waals surface area contributed by atoms with Crippen LogP contribution in [0.25, 0.3) is 11.3 Å². The molecular weight excluding hydrogens is 310 g/mol. The molecule has 0 fully saturated rings. The van der Waals surface area contributed by atoms with Crippen LogP contribution in [0.2, 0.25) is 0 Å². The minimum Gasteiger partial charge on any atom is -0.449 e. The largest absolute Gasteiger partial charge is 0.449 e. The Hall–Kier alpha value is -2.81. The smallest absolute Gasteiger partial charge is 0.216 e. The minimum absolute atomic E-state index is 0.639. The minimum atomic E-state index is -0.639. The van der Waals surface area contributed by atoms with E-state index in [1.54, 1.807) is 0 Å². The first-order chi connectivity index (χ1) is 12.3. The van der Waals surface area contributed by atoms with E-state index >= 15 is 0 Å². The lowest BCUT2D eigenvalue weighted by Crippen LogP contribution is -2.31. The summed E-state index contributed by atoms with van der Waals surface area (Å²) in [5.41, 5.74) is 4.11. The molecule has 3 aromatic rings. The highest BCUT2D eigenvalue weighted by Crippen LogP contribution is 2.50. The van der Waals surface area contributed by atoms with Gasteiger partial charge < -0.3 is 9.47 Å². The molecule has 3 nitrogen and oxygen atoms in total. The first-order valence-electron chi connectivity index (χ1n) is 8.93. The fraction of sp³-hybridized carbons (Fsp3) is 0.227. The van der Waals surface area contributed by atoms with Crippen molar-refractivity contribution in [2.45, 2.75) is 26.7 Å². The molecule has 1 aliphatic rings. The summed E-state index contributed by atoms with van der Waals surface area (Å²) >= 11 is 0. The van der Waals surface area contributed by atoms with E-state index in [0.29, 0.717) is 5.75 Å². The molecule has 25 heavy (non-hydrogen) atoms. The zero-order valence-electron chi connectivity index (χ0n) is 16.0. The van der Waals surface area contributed by atoms with Gasteiger partial charge in [-0.1, -0.05) is 32.0 Å². The van der Waals surface area contributed by atoms with Gasteiger partial charge in [-0.25, -0.2) is 4.57 Å². The Labute approximate surface area is 149 Å². The number of hydrogen-bond donors (Lipinski definition) is 0. The van der Waals surface area contributed by atoms with E-state index < -0.39 is 5.89 Å². The van der Waals surface area contributed by atoms with E-state index in [2.05, 4.69) is 17.6 Å². The number of nitrogens with zero attached hydrogens (tertiary/aromatic N) is 1. The Bertz CT molecular complexity index is 1010. The fourth-order valence-electron chi connectivity index (χ4n) is 3.17. The number of aryl methyl sites for hydroxylation is 2. The van der Waals surface area contributed by atoms with E-state index in [4.69, 9.17) is 10.8 Å². The van der Waals surface area contributed by atoms with E-state index in [0.717, 1.165) is 39.6 Å². The van der Waals surface area contributed by atoms with Gasteiger partial charge in [-0.15, -0.1) is 0 Å². The summed E-state index contributed by atoms with van der Waals surface area (Å²) in [4.78, 5) is 0. The van der Waals surface area contributed by atoms with E-state index in [1.165, 1.54) is 0 Å². The number of benzene rings is 2. The van der Waals surface area contributed by atoms with Crippen molar-refractivity contribution >= 4 is 0 Å². The second-order valence-corrected chi connectivity index (χ2v) is 6.65. The fourth-order valence-corrected chi connectivity index (χ4v) is 3.17. The Morgan fingerprint density at radius 3 is 2.32 bits per heavy atom. The summed E-state index contributed by atoms with van der Waals surface area (Å²) in [6, 6.07) is 15.8. The van der Waals surface area contributed by atoms with Crippen LogP contribution in [0, 0.1) is 6.92 Å². The second kappa shape index (κ2) is 5.92. The lowest BCUT2D eigenvalue weighted by molar-refractivity contribution is -0.660. The van der Waals surface area contributed by atoms with Gasteiger partial charge in [0.25, 0.3) is 0 Å². The predicted molar refractivity (Wildman–Crippen MR) is 98.5 cm³/mol. The average molecular weight is 333 g/mol. The van der Waals surface area contributed by atoms with Gasteiger partial charge in [-0.3, -0.25) is 0 Å². The van der Waals surface area contributed by atoms with Gasteiger partial charge in [0.1, 0.15) is 7.05 Å². The van der Waals surface area contributed by atoms with Crippen molar-refractivity contribution < 1.29 is 15.4 Å². The molecule has 0 unspecified atom stereocenters. The van der Waals surface area contributed by atoms with Crippen molar-refractivity contribution in [3.05, 3.63) is 65.9 Å². The maximum Gasteiger partial charge on any atom is 0.216 e. The van der Waals surface area contributed by atoms with Crippen molar-refractivity contribution in [2.75, 3.05) is 0 Å². The number of rotatable bonds is 2. The van der Waals surface area contributed by atoms with Gasteiger partial charge in [0, 0.05) is 13.0 Å². The Morgan fingerprint density at radius 1 is 0.920 bits per heavy atom. The number of fused-ring (bicyclic) bond motifs is 2. The molecular formula is C22H22NO2+. The van der Waals surface area contributed by atoms with Crippen molar-refractivity contribution in [2.24, 2.45) is 7.05 Å². The van der Waals surface area contributed by atoms with Gasteiger partial charge in [0.15, 0.2) is 29.2 Å². The quantitative estimate of drug-likeness (QED) is 0.451. The lowest BCUT2D eigenvalue weighted by Gasteiger charge is -2.23. The van der Waals surface area contributed by atoms with Crippen LogP contribution in [0.3, 0.4) is 0 Å². The van der Waals surface area contributed by atoms with Crippen LogP contribution in [0.1, 0.15) is 32.2 Å². The monoisotopic (exact) mass is 333 g/mol. The Kier molecular flexibility index (Phi) is 3.44. The molecule has 0 atom stereocenters. The van der Waals surface area contributed by atoms with E-state index in [-0.39, 0.29) is 0 Å². The first kappa shape index (κ1) is 14.5. The van der Waals surface area contributed by atoms with Crippen molar-refractivity contribution in [1.82, 2.24) is 0 Å². The van der Waals surface area contributed by atoms with Crippen LogP contribution < -0.4 is 14.0 Å². The predicted octanol–water partition coefficient (Wildman–Crippen LogP) is 5.51. The van der Waals surface area contributed by atoms with Crippen molar-refractivity contribution in [1.29, 1.82) is 0 Å². The molecule has 3 heteroatoms. The van der Waals surface area contributed by atoms with Crippen LogP contribution in [-0.2, 0) is 7.05 Å². The second-order valence-electron chi connectivity index (χ2n) is 6.65. The highest BCUT2D eigenvalue weighted by molar-refractivity contribution is 5.75. The summed E-state index contributed by atoms with van der Waals surface area (Å²) < 4.78 is 22.6. The molecule has 1 aromatic heterocycles. The third-order valence-electron chi connectivity index (χ3n) is 4.58. The molecule has 1 aliphatic heterocycles. The van der Waals surface area contributed by atoms with Crippen LogP contribution in [0.15, 0.2) is 54.7 Å². The molecule has 2 aromatic carbocycles. The third-order valence-corrected chi connectivity index (χ3v) is 4.58. The lowest BCUT2D eigenvalue weighted by atomic mass is 9.99. The summed E-state index contributed by atoms with van der Waals surface area (Å²) in [5.74, 6) is 2.26. The molecule has 0 bridgehead atoms. The SMILES string of the molecule is [2H]C(C)(C)c1ccc(-c2c(C)ccc3c2Oc2ccccc2O3)[n+](C)c1. The van der Waals surface area contributed by atoms with E-state index in [9.17, 15) is 0 Å². The number of hydrogen-bond acceptors (Lipinski definition) is 2. The molecule has 0 aliphatic carbocycles. The standard InChI is InChI=1S/C22H22NO2/c1-14(2)16-10-11-17(23(4)13-16)21-15(3)9-12-20-22(21)25-19-8-6-5-7-18(19)24-20/h5-14H,1-4H3/q+1/i14D. The molecule has 2 heterocycles. The van der Waals surface area contributed by atoms with E-state index in [1.807, 2.05) is 69.6 Å². The summed E-state index contributed by atoms with van der Waals surface area (Å²) in [5, 5.41) is 0. The zero-order valence-corrected chi connectivity index (χ0v) is 15.0. The molecule has 4 rings (SSSR count). The normalized spacial score (nSPS) is 13.2. The molecule has 0 amide bonds. The Balaban J connectivity index is 1.87. The maximum atomic E-state index is 8.26. The number of ether oxygens (including phenoxy) is 2. The molecule has 0 spiro atoms. The van der Waals surface area contributed by atoms with Crippen LogP contribution in [0.4, 0.5) is 0 Å². The Morgan fingerprint density at radius 2 is 1.64 bits per heavy atom.